The first kappa shape index (κ1) is 21.7. The van der Waals surface area contributed by atoms with Gasteiger partial charge >= 0.3 is 0 Å². The molecule has 1 aromatic heterocycles. The Morgan fingerprint density at radius 2 is 1.96 bits per heavy atom. The van der Waals surface area contributed by atoms with Crippen molar-refractivity contribution in [1.29, 1.82) is 0 Å². The van der Waals surface area contributed by atoms with E-state index in [9.17, 15) is 9.59 Å². The van der Waals surface area contributed by atoms with E-state index >= 15 is 0 Å². The number of nitrogens with one attached hydrogen (secondary N) is 3. The Labute approximate surface area is 170 Å². The summed E-state index contributed by atoms with van der Waals surface area (Å²) in [4.78, 5) is 24.2. The number of hydrogen-bond acceptors (Lipinski definition) is 5. The van der Waals surface area contributed by atoms with Gasteiger partial charge in [0.25, 0.3) is 0 Å². The quantitative estimate of drug-likeness (QED) is 0.623. The van der Waals surface area contributed by atoms with Gasteiger partial charge in [0.15, 0.2) is 0 Å². The molecule has 2 amide bonds. The largest absolute Gasteiger partial charge is 0.497 e. The maximum Gasteiger partial charge on any atom is 0.246 e. The van der Waals surface area contributed by atoms with Gasteiger partial charge in [-0.25, -0.2) is 0 Å². The van der Waals surface area contributed by atoms with Crippen LogP contribution >= 0.6 is 12.4 Å². The molecule has 0 spiro atoms. The van der Waals surface area contributed by atoms with Crippen LogP contribution in [0.4, 0.5) is 11.4 Å². The summed E-state index contributed by atoms with van der Waals surface area (Å²) in [6.45, 7) is 2.10. The van der Waals surface area contributed by atoms with Crippen molar-refractivity contribution in [2.75, 3.05) is 30.8 Å². The molecule has 3 rings (SSSR count). The molecule has 1 aromatic carbocycles. The summed E-state index contributed by atoms with van der Waals surface area (Å²) in [6, 6.07) is 7.09. The molecule has 0 aliphatic carbocycles. The van der Waals surface area contributed by atoms with Gasteiger partial charge in [-0.2, -0.15) is 5.10 Å². The van der Waals surface area contributed by atoms with Crippen molar-refractivity contribution in [3.8, 4) is 5.75 Å². The molecule has 0 bridgehead atoms. The highest BCUT2D eigenvalue weighted by Crippen LogP contribution is 2.16. The molecule has 1 saturated heterocycles. The Bertz CT molecular complexity index is 772. The Balaban J connectivity index is 0.00000280. The van der Waals surface area contributed by atoms with Crippen molar-refractivity contribution in [3.05, 3.63) is 36.7 Å². The van der Waals surface area contributed by atoms with Crippen molar-refractivity contribution in [2.24, 2.45) is 5.92 Å². The molecule has 8 nitrogen and oxygen atoms in total. The highest BCUT2D eigenvalue weighted by atomic mass is 35.5. The molecular formula is C19H26ClN5O3. The lowest BCUT2D eigenvalue weighted by Gasteiger charge is -2.07. The Hall–Kier alpha value is -2.58. The number of methoxy groups -OCH3 is 1. The Morgan fingerprint density at radius 3 is 2.64 bits per heavy atom. The molecule has 9 heteroatoms. The summed E-state index contributed by atoms with van der Waals surface area (Å²) in [5, 5.41) is 13.1. The molecule has 0 radical (unpaired) electrons. The normalized spacial score (nSPS) is 15.5. The second-order valence-corrected chi connectivity index (χ2v) is 6.65. The van der Waals surface area contributed by atoms with Crippen LogP contribution in [0.15, 0.2) is 36.7 Å². The minimum Gasteiger partial charge on any atom is -0.497 e. The van der Waals surface area contributed by atoms with Gasteiger partial charge in [0, 0.05) is 18.3 Å². The van der Waals surface area contributed by atoms with E-state index in [4.69, 9.17) is 4.74 Å². The van der Waals surface area contributed by atoms with Crippen molar-refractivity contribution < 1.29 is 14.3 Å². The molecule has 152 valence electrons. The topological polar surface area (TPSA) is 97.3 Å². The smallest absolute Gasteiger partial charge is 0.246 e. The van der Waals surface area contributed by atoms with E-state index in [1.165, 1.54) is 4.68 Å². The van der Waals surface area contributed by atoms with Crippen LogP contribution in [0.1, 0.15) is 19.3 Å². The highest BCUT2D eigenvalue weighted by Gasteiger charge is 2.16. The number of carbonyl (C=O) groups excluding carboxylic acids is 2. The predicted octanol–water partition coefficient (Wildman–Crippen LogP) is 2.28. The molecule has 1 aliphatic rings. The fourth-order valence-electron chi connectivity index (χ4n) is 3.06. The average Bonchev–Trinajstić information content (AvgIpc) is 3.33. The number of anilines is 2. The first-order chi connectivity index (χ1) is 13.1. The maximum atomic E-state index is 12.1. The number of rotatable bonds is 8. The van der Waals surface area contributed by atoms with Crippen LogP contribution in [0.5, 0.6) is 5.75 Å². The summed E-state index contributed by atoms with van der Waals surface area (Å²) < 4.78 is 6.58. The van der Waals surface area contributed by atoms with Gasteiger partial charge in [-0.05, 0) is 56.1 Å². The molecule has 1 aliphatic heterocycles. The van der Waals surface area contributed by atoms with Crippen LogP contribution in [0.25, 0.3) is 0 Å². The molecule has 2 heterocycles. The van der Waals surface area contributed by atoms with Crippen molar-refractivity contribution >= 4 is 35.6 Å². The zero-order valence-corrected chi connectivity index (χ0v) is 16.6. The van der Waals surface area contributed by atoms with E-state index in [1.807, 2.05) is 0 Å². The van der Waals surface area contributed by atoms with E-state index in [-0.39, 0.29) is 30.8 Å². The fraction of sp³-hybridized carbons (Fsp3) is 0.421. The second-order valence-electron chi connectivity index (χ2n) is 6.65. The molecule has 2 aromatic rings. The van der Waals surface area contributed by atoms with Gasteiger partial charge in [0.1, 0.15) is 12.3 Å². The maximum absolute atomic E-state index is 12.1. The summed E-state index contributed by atoms with van der Waals surface area (Å²) >= 11 is 0. The van der Waals surface area contributed by atoms with Crippen LogP contribution in [0.2, 0.25) is 0 Å². The fourth-order valence-corrected chi connectivity index (χ4v) is 3.06. The van der Waals surface area contributed by atoms with E-state index in [0.717, 1.165) is 31.7 Å². The molecule has 1 unspecified atom stereocenters. The minimum absolute atomic E-state index is 0. The summed E-state index contributed by atoms with van der Waals surface area (Å²) in [7, 11) is 1.59. The molecule has 1 atom stereocenters. The number of benzene rings is 1. The lowest BCUT2D eigenvalue weighted by molar-refractivity contribution is -0.117. The lowest BCUT2D eigenvalue weighted by atomic mass is 10.0. The summed E-state index contributed by atoms with van der Waals surface area (Å²) in [5.74, 6) is 1.09. The molecule has 3 N–H and O–H groups in total. The summed E-state index contributed by atoms with van der Waals surface area (Å²) in [5.41, 5.74) is 1.28. The number of carbonyl (C=O) groups is 2. The third-order valence-electron chi connectivity index (χ3n) is 4.54. The number of nitrogens with zero attached hydrogens (tertiary/aromatic N) is 2. The first-order valence-electron chi connectivity index (χ1n) is 9.09. The van der Waals surface area contributed by atoms with Gasteiger partial charge in [-0.1, -0.05) is 0 Å². The first-order valence-corrected chi connectivity index (χ1v) is 9.09. The summed E-state index contributed by atoms with van der Waals surface area (Å²) in [6.07, 6.45) is 5.72. The standard InChI is InChI=1S/C19H25N5O3.ClH/c1-27-17-5-3-15(4-6-17)22-19(26)13-24-12-16(11-21-24)23-18(25)7-2-14-8-9-20-10-14;/h3-6,11-12,14,20H,2,7-10,13H2,1H3,(H,22,26)(H,23,25);1H. The Kier molecular flexibility index (Phi) is 8.28. The van der Waals surface area contributed by atoms with Crippen LogP contribution in [-0.2, 0) is 16.1 Å². The van der Waals surface area contributed by atoms with Crippen LogP contribution in [0, 0.1) is 5.92 Å². The molecule has 1 fully saturated rings. The van der Waals surface area contributed by atoms with Crippen LogP contribution < -0.4 is 20.7 Å². The Morgan fingerprint density at radius 1 is 1.21 bits per heavy atom. The third-order valence-corrected chi connectivity index (χ3v) is 4.54. The number of aromatic nitrogens is 2. The zero-order chi connectivity index (χ0) is 19.1. The van der Waals surface area contributed by atoms with E-state index in [0.29, 0.717) is 23.7 Å². The number of halogens is 1. The van der Waals surface area contributed by atoms with Gasteiger partial charge in [0.05, 0.1) is 19.0 Å². The minimum atomic E-state index is -0.199. The number of amides is 2. The van der Waals surface area contributed by atoms with Crippen molar-refractivity contribution in [2.45, 2.75) is 25.8 Å². The number of hydrogen-bond donors (Lipinski definition) is 3. The van der Waals surface area contributed by atoms with E-state index in [1.54, 1.807) is 43.8 Å². The number of ether oxygens (including phenoxy) is 1. The predicted molar refractivity (Wildman–Crippen MR) is 110 cm³/mol. The van der Waals surface area contributed by atoms with E-state index in [2.05, 4.69) is 21.0 Å². The van der Waals surface area contributed by atoms with Gasteiger partial charge in [-0.3, -0.25) is 14.3 Å². The molecule has 0 saturated carbocycles. The molecule has 28 heavy (non-hydrogen) atoms. The highest BCUT2D eigenvalue weighted by molar-refractivity contribution is 5.91. The van der Waals surface area contributed by atoms with E-state index < -0.39 is 0 Å². The van der Waals surface area contributed by atoms with Crippen molar-refractivity contribution in [1.82, 2.24) is 15.1 Å². The van der Waals surface area contributed by atoms with Crippen LogP contribution in [0.3, 0.4) is 0 Å². The SMILES string of the molecule is COc1ccc(NC(=O)Cn2cc(NC(=O)CCC3CCNC3)cn2)cc1.Cl. The van der Waals surface area contributed by atoms with Crippen LogP contribution in [-0.4, -0.2) is 41.8 Å². The third kappa shape index (κ3) is 6.54. The van der Waals surface area contributed by atoms with Crippen molar-refractivity contribution in [3.63, 3.8) is 0 Å². The lowest BCUT2D eigenvalue weighted by Crippen LogP contribution is -2.19. The second kappa shape index (κ2) is 10.7. The zero-order valence-electron chi connectivity index (χ0n) is 15.8. The van der Waals surface area contributed by atoms with Gasteiger partial charge in [-0.15, -0.1) is 12.4 Å². The van der Waals surface area contributed by atoms with Gasteiger partial charge < -0.3 is 20.7 Å². The average molecular weight is 408 g/mol. The monoisotopic (exact) mass is 407 g/mol. The molecular weight excluding hydrogens is 382 g/mol. The van der Waals surface area contributed by atoms with Gasteiger partial charge in [0.2, 0.25) is 11.8 Å².